The summed E-state index contributed by atoms with van der Waals surface area (Å²) in [4.78, 5) is 12.0. The Morgan fingerprint density at radius 1 is 1.56 bits per heavy atom. The van der Waals surface area contributed by atoms with Crippen LogP contribution in [0.25, 0.3) is 0 Å². The highest BCUT2D eigenvalue weighted by molar-refractivity contribution is 5.66. The lowest BCUT2D eigenvalue weighted by Gasteiger charge is -2.39. The molecule has 2 N–H and O–H groups in total. The molecule has 1 unspecified atom stereocenters. The molecule has 1 fully saturated rings. The molecule has 0 spiro atoms. The van der Waals surface area contributed by atoms with Crippen LogP contribution in [0.15, 0.2) is 18.2 Å². The lowest BCUT2D eigenvalue weighted by Crippen LogP contribution is -2.59. The van der Waals surface area contributed by atoms with Gasteiger partial charge in [0, 0.05) is 25.2 Å². The van der Waals surface area contributed by atoms with E-state index in [0.717, 1.165) is 11.1 Å². The van der Waals surface area contributed by atoms with E-state index in [1.54, 1.807) is 6.07 Å². The second-order valence-corrected chi connectivity index (χ2v) is 4.77. The Hall–Kier alpha value is -1.62. The molecule has 5 heteroatoms. The van der Waals surface area contributed by atoms with Crippen LogP contribution in [-0.2, 0) is 0 Å². The predicted molar refractivity (Wildman–Crippen MR) is 66.1 cm³/mol. The topological polar surface area (TPSA) is 52.6 Å². The second kappa shape index (κ2) is 4.94. The fourth-order valence-corrected chi connectivity index (χ4v) is 2.31. The molecule has 1 heterocycles. The molecule has 0 saturated carbocycles. The van der Waals surface area contributed by atoms with Crippen molar-refractivity contribution in [3.05, 3.63) is 35.1 Å². The van der Waals surface area contributed by atoms with Crippen LogP contribution < -0.4 is 5.32 Å². The van der Waals surface area contributed by atoms with Crippen LogP contribution in [0.3, 0.4) is 0 Å². The third-order valence-corrected chi connectivity index (χ3v) is 3.34. The van der Waals surface area contributed by atoms with Crippen molar-refractivity contribution in [3.63, 3.8) is 0 Å². The van der Waals surface area contributed by atoms with Gasteiger partial charge in [-0.25, -0.2) is 9.18 Å². The van der Waals surface area contributed by atoms with Gasteiger partial charge in [-0.15, -0.1) is 0 Å². The molecular weight excluding hydrogens is 235 g/mol. The Labute approximate surface area is 105 Å². The standard InChI is InChI=1S/C13H17FN2O2/c1-8-5-10(14)3-4-12(8)9(2)15-11-6-16(7-11)13(17)18/h3-5,9,11,15H,6-7H2,1-2H3,(H,17,18). The first kappa shape index (κ1) is 12.8. The van der Waals surface area contributed by atoms with Crippen LogP contribution in [-0.4, -0.2) is 35.2 Å². The first-order chi connectivity index (χ1) is 8.47. The summed E-state index contributed by atoms with van der Waals surface area (Å²) in [5.41, 5.74) is 1.95. The van der Waals surface area contributed by atoms with Crippen molar-refractivity contribution in [3.8, 4) is 0 Å². The summed E-state index contributed by atoms with van der Waals surface area (Å²) in [6, 6.07) is 5.01. The maximum absolute atomic E-state index is 13.0. The number of nitrogens with one attached hydrogen (secondary N) is 1. The van der Waals surface area contributed by atoms with Gasteiger partial charge in [-0.1, -0.05) is 6.07 Å². The normalized spacial score (nSPS) is 17.4. The molecule has 0 aliphatic carbocycles. The molecule has 2 rings (SSSR count). The van der Waals surface area contributed by atoms with Crippen LogP contribution in [0.5, 0.6) is 0 Å². The van der Waals surface area contributed by atoms with Crippen LogP contribution in [0.2, 0.25) is 0 Å². The molecule has 4 nitrogen and oxygen atoms in total. The van der Waals surface area contributed by atoms with Crippen LogP contribution in [0.4, 0.5) is 9.18 Å². The molecule has 1 aliphatic rings. The average molecular weight is 252 g/mol. The third-order valence-electron chi connectivity index (χ3n) is 3.34. The summed E-state index contributed by atoms with van der Waals surface area (Å²) in [7, 11) is 0. The minimum atomic E-state index is -0.876. The van der Waals surface area contributed by atoms with E-state index in [1.165, 1.54) is 17.0 Å². The first-order valence-electron chi connectivity index (χ1n) is 5.97. The van der Waals surface area contributed by atoms with E-state index in [4.69, 9.17) is 5.11 Å². The number of halogens is 1. The van der Waals surface area contributed by atoms with Gasteiger partial charge in [-0.3, -0.25) is 0 Å². The molecular formula is C13H17FN2O2. The number of likely N-dealkylation sites (tertiary alicyclic amines) is 1. The first-order valence-corrected chi connectivity index (χ1v) is 5.97. The minimum absolute atomic E-state index is 0.0894. The molecule has 0 bridgehead atoms. The Kier molecular flexibility index (Phi) is 3.52. The van der Waals surface area contributed by atoms with Gasteiger partial charge in [-0.2, -0.15) is 0 Å². The fraction of sp³-hybridized carbons (Fsp3) is 0.462. The van der Waals surface area contributed by atoms with Crippen molar-refractivity contribution in [2.24, 2.45) is 0 Å². The zero-order valence-electron chi connectivity index (χ0n) is 10.5. The quantitative estimate of drug-likeness (QED) is 0.866. The van der Waals surface area contributed by atoms with Gasteiger partial charge in [-0.05, 0) is 37.1 Å². The van der Waals surface area contributed by atoms with E-state index in [1.807, 2.05) is 13.8 Å². The highest BCUT2D eigenvalue weighted by atomic mass is 19.1. The molecule has 0 radical (unpaired) electrons. The number of carboxylic acid groups (broad SMARTS) is 1. The summed E-state index contributed by atoms with van der Waals surface area (Å²) in [5.74, 6) is -0.232. The van der Waals surface area contributed by atoms with Gasteiger partial charge in [0.2, 0.25) is 0 Å². The van der Waals surface area contributed by atoms with Crippen LogP contribution in [0, 0.1) is 12.7 Å². The zero-order valence-corrected chi connectivity index (χ0v) is 10.5. The molecule has 1 saturated heterocycles. The molecule has 18 heavy (non-hydrogen) atoms. The molecule has 1 aromatic rings. The van der Waals surface area contributed by atoms with E-state index < -0.39 is 6.09 Å². The molecule has 1 aromatic carbocycles. The third kappa shape index (κ3) is 2.61. The van der Waals surface area contributed by atoms with E-state index >= 15 is 0 Å². The van der Waals surface area contributed by atoms with Crippen molar-refractivity contribution in [2.75, 3.05) is 13.1 Å². The number of rotatable bonds is 3. The van der Waals surface area contributed by atoms with Crippen molar-refractivity contribution in [2.45, 2.75) is 25.9 Å². The monoisotopic (exact) mass is 252 g/mol. The molecule has 1 amide bonds. The lowest BCUT2D eigenvalue weighted by atomic mass is 10.00. The highest BCUT2D eigenvalue weighted by Gasteiger charge is 2.31. The zero-order chi connectivity index (χ0) is 13.3. The fourth-order valence-electron chi connectivity index (χ4n) is 2.31. The summed E-state index contributed by atoms with van der Waals surface area (Å²) < 4.78 is 13.0. The number of hydrogen-bond acceptors (Lipinski definition) is 2. The SMILES string of the molecule is Cc1cc(F)ccc1C(C)NC1CN(C(=O)O)C1. The largest absolute Gasteiger partial charge is 0.465 e. The van der Waals surface area contributed by atoms with Crippen molar-refractivity contribution >= 4 is 6.09 Å². The maximum atomic E-state index is 13.0. The van der Waals surface area contributed by atoms with Crippen molar-refractivity contribution in [1.82, 2.24) is 10.2 Å². The van der Waals surface area contributed by atoms with E-state index in [-0.39, 0.29) is 17.9 Å². The number of benzene rings is 1. The lowest BCUT2D eigenvalue weighted by molar-refractivity contribution is 0.0926. The smallest absolute Gasteiger partial charge is 0.407 e. The number of nitrogens with zero attached hydrogens (tertiary/aromatic N) is 1. The van der Waals surface area contributed by atoms with Gasteiger partial charge < -0.3 is 15.3 Å². The molecule has 1 aliphatic heterocycles. The Morgan fingerprint density at radius 3 is 2.78 bits per heavy atom. The summed E-state index contributed by atoms with van der Waals surface area (Å²) >= 11 is 0. The molecule has 0 aromatic heterocycles. The Bertz CT molecular complexity index is 458. The summed E-state index contributed by atoms with van der Waals surface area (Å²) in [6.07, 6.45) is -0.876. The predicted octanol–water partition coefficient (Wildman–Crippen LogP) is 2.15. The van der Waals surface area contributed by atoms with Crippen LogP contribution in [0.1, 0.15) is 24.1 Å². The second-order valence-electron chi connectivity index (χ2n) is 4.77. The van der Waals surface area contributed by atoms with Gasteiger partial charge in [0.05, 0.1) is 0 Å². The summed E-state index contributed by atoms with van der Waals surface area (Å²) in [5, 5.41) is 12.1. The highest BCUT2D eigenvalue weighted by Crippen LogP contribution is 2.20. The molecule has 98 valence electrons. The van der Waals surface area contributed by atoms with Gasteiger partial charge in [0.25, 0.3) is 0 Å². The van der Waals surface area contributed by atoms with Crippen molar-refractivity contribution in [1.29, 1.82) is 0 Å². The summed E-state index contributed by atoms with van der Waals surface area (Å²) in [6.45, 7) is 4.91. The van der Waals surface area contributed by atoms with Gasteiger partial charge in [0.15, 0.2) is 0 Å². The number of carbonyl (C=O) groups is 1. The van der Waals surface area contributed by atoms with Crippen LogP contribution >= 0.6 is 0 Å². The van der Waals surface area contributed by atoms with E-state index in [2.05, 4.69) is 5.32 Å². The van der Waals surface area contributed by atoms with Gasteiger partial charge >= 0.3 is 6.09 Å². The Balaban J connectivity index is 1.93. The minimum Gasteiger partial charge on any atom is -0.465 e. The van der Waals surface area contributed by atoms with Gasteiger partial charge in [0.1, 0.15) is 5.82 Å². The van der Waals surface area contributed by atoms with E-state index in [9.17, 15) is 9.18 Å². The maximum Gasteiger partial charge on any atom is 0.407 e. The van der Waals surface area contributed by atoms with Crippen molar-refractivity contribution < 1.29 is 14.3 Å². The molecule has 1 atom stereocenters. The number of aryl methyl sites for hydroxylation is 1. The Morgan fingerprint density at radius 2 is 2.22 bits per heavy atom. The van der Waals surface area contributed by atoms with E-state index in [0.29, 0.717) is 13.1 Å². The number of hydrogen-bond donors (Lipinski definition) is 2. The number of amides is 1. The average Bonchev–Trinajstić information content (AvgIpc) is 2.21.